The van der Waals surface area contributed by atoms with E-state index in [0.717, 1.165) is 41.0 Å². The molecule has 0 spiro atoms. The molecule has 0 aliphatic heterocycles. The number of nitrogens with one attached hydrogen (secondary N) is 2. The van der Waals surface area contributed by atoms with Gasteiger partial charge in [-0.15, -0.1) is 0 Å². The fourth-order valence-electron chi connectivity index (χ4n) is 4.55. The standard InChI is InChI=1S/C26H32N4O2/c27-26(32)23-8-4-7-21(15-23)22-10-9-20-11-14-30(24(20)16-22)18-25(31)29-13-12-28-17-19-5-2-1-3-6-19/h4,7-11,14-16,19,28H,1-3,5-6,12-13,17-18H2,(H2,27,32)(H,29,31). The average molecular weight is 433 g/mol. The summed E-state index contributed by atoms with van der Waals surface area (Å²) in [5.74, 6) is 0.354. The number of benzene rings is 2. The summed E-state index contributed by atoms with van der Waals surface area (Å²) < 4.78 is 1.96. The van der Waals surface area contributed by atoms with E-state index in [1.165, 1.54) is 32.1 Å². The molecule has 0 atom stereocenters. The van der Waals surface area contributed by atoms with Gasteiger partial charge in [-0.3, -0.25) is 9.59 Å². The van der Waals surface area contributed by atoms with Crippen molar-refractivity contribution in [3.05, 3.63) is 60.3 Å². The minimum Gasteiger partial charge on any atom is -0.366 e. The quantitative estimate of drug-likeness (QED) is 0.451. The second kappa shape index (κ2) is 10.5. The van der Waals surface area contributed by atoms with Crippen molar-refractivity contribution in [3.8, 4) is 11.1 Å². The van der Waals surface area contributed by atoms with Crippen LogP contribution in [0.15, 0.2) is 54.7 Å². The Labute approximate surface area is 189 Å². The van der Waals surface area contributed by atoms with Gasteiger partial charge in [0.1, 0.15) is 6.54 Å². The number of carbonyl (C=O) groups is 2. The number of hydrogen-bond acceptors (Lipinski definition) is 3. The van der Waals surface area contributed by atoms with E-state index in [1.807, 2.05) is 41.1 Å². The second-order valence-corrected chi connectivity index (χ2v) is 8.72. The predicted molar refractivity (Wildman–Crippen MR) is 128 cm³/mol. The largest absolute Gasteiger partial charge is 0.366 e. The molecule has 6 nitrogen and oxygen atoms in total. The van der Waals surface area contributed by atoms with E-state index in [0.29, 0.717) is 12.1 Å². The number of nitrogens with two attached hydrogens (primary N) is 1. The van der Waals surface area contributed by atoms with E-state index in [9.17, 15) is 9.59 Å². The van der Waals surface area contributed by atoms with Gasteiger partial charge in [0.2, 0.25) is 11.8 Å². The van der Waals surface area contributed by atoms with Crippen molar-refractivity contribution in [2.45, 2.75) is 38.6 Å². The first-order valence-electron chi connectivity index (χ1n) is 11.6. The molecular formula is C26H32N4O2. The van der Waals surface area contributed by atoms with Crippen LogP contribution in [-0.2, 0) is 11.3 Å². The lowest BCUT2D eigenvalue weighted by Crippen LogP contribution is -2.35. The number of primary amides is 1. The van der Waals surface area contributed by atoms with Crippen molar-refractivity contribution < 1.29 is 9.59 Å². The summed E-state index contributed by atoms with van der Waals surface area (Å²) in [5, 5.41) is 7.57. The molecule has 168 valence electrons. The van der Waals surface area contributed by atoms with E-state index in [2.05, 4.69) is 16.7 Å². The summed E-state index contributed by atoms with van der Waals surface area (Å²) >= 11 is 0. The molecule has 32 heavy (non-hydrogen) atoms. The molecule has 3 aromatic rings. The Morgan fingerprint density at radius 1 is 0.969 bits per heavy atom. The number of hydrogen-bond donors (Lipinski definition) is 3. The number of amides is 2. The normalized spacial score (nSPS) is 14.5. The van der Waals surface area contributed by atoms with Gasteiger partial charge in [-0.1, -0.05) is 43.5 Å². The molecule has 1 aliphatic carbocycles. The highest BCUT2D eigenvalue weighted by atomic mass is 16.2. The highest BCUT2D eigenvalue weighted by Crippen LogP contribution is 2.26. The molecule has 1 aromatic heterocycles. The SMILES string of the molecule is NC(=O)c1cccc(-c2ccc3ccn(CC(=O)NCCNCC4CCCCC4)c3c2)c1. The van der Waals surface area contributed by atoms with Crippen LogP contribution in [0.4, 0.5) is 0 Å². The maximum atomic E-state index is 12.5. The van der Waals surface area contributed by atoms with Crippen LogP contribution in [0, 0.1) is 5.92 Å². The molecule has 0 saturated heterocycles. The number of aromatic nitrogens is 1. The summed E-state index contributed by atoms with van der Waals surface area (Å²) in [4.78, 5) is 24.0. The van der Waals surface area contributed by atoms with Crippen molar-refractivity contribution in [2.24, 2.45) is 11.7 Å². The first-order valence-corrected chi connectivity index (χ1v) is 11.6. The van der Waals surface area contributed by atoms with Crippen LogP contribution in [0.25, 0.3) is 22.0 Å². The van der Waals surface area contributed by atoms with Crippen molar-refractivity contribution >= 4 is 22.7 Å². The number of rotatable bonds is 9. The van der Waals surface area contributed by atoms with Crippen LogP contribution < -0.4 is 16.4 Å². The third-order valence-electron chi connectivity index (χ3n) is 6.35. The Morgan fingerprint density at radius 3 is 2.59 bits per heavy atom. The Bertz CT molecular complexity index is 1080. The Hall–Kier alpha value is -3.12. The molecule has 1 saturated carbocycles. The van der Waals surface area contributed by atoms with Gasteiger partial charge in [0.25, 0.3) is 0 Å². The van der Waals surface area contributed by atoms with Crippen LogP contribution in [0.1, 0.15) is 42.5 Å². The molecular weight excluding hydrogens is 400 g/mol. The van der Waals surface area contributed by atoms with Gasteiger partial charge in [-0.2, -0.15) is 0 Å². The van der Waals surface area contributed by atoms with E-state index in [4.69, 9.17) is 5.73 Å². The zero-order chi connectivity index (χ0) is 22.3. The van der Waals surface area contributed by atoms with Gasteiger partial charge in [0, 0.05) is 30.4 Å². The van der Waals surface area contributed by atoms with Crippen LogP contribution >= 0.6 is 0 Å². The first kappa shape index (κ1) is 22.1. The summed E-state index contributed by atoms with van der Waals surface area (Å²) in [6.07, 6.45) is 8.68. The zero-order valence-electron chi connectivity index (χ0n) is 18.5. The summed E-state index contributed by atoms with van der Waals surface area (Å²) in [5.41, 5.74) is 8.78. The smallest absolute Gasteiger partial charge is 0.248 e. The molecule has 1 aliphatic rings. The van der Waals surface area contributed by atoms with Crippen LogP contribution in [-0.4, -0.2) is 36.0 Å². The van der Waals surface area contributed by atoms with Crippen molar-refractivity contribution in [2.75, 3.05) is 19.6 Å². The maximum Gasteiger partial charge on any atom is 0.248 e. The Kier molecular flexibility index (Phi) is 7.22. The van der Waals surface area contributed by atoms with Crippen molar-refractivity contribution in [3.63, 3.8) is 0 Å². The highest BCUT2D eigenvalue weighted by Gasteiger charge is 2.13. The monoisotopic (exact) mass is 432 g/mol. The Morgan fingerprint density at radius 2 is 1.78 bits per heavy atom. The molecule has 0 unspecified atom stereocenters. The zero-order valence-corrected chi connectivity index (χ0v) is 18.5. The molecule has 4 rings (SSSR count). The fraction of sp³-hybridized carbons (Fsp3) is 0.385. The van der Waals surface area contributed by atoms with Crippen LogP contribution in [0.3, 0.4) is 0 Å². The summed E-state index contributed by atoms with van der Waals surface area (Å²) in [6.45, 7) is 2.76. The fourth-order valence-corrected chi connectivity index (χ4v) is 4.55. The minimum atomic E-state index is -0.443. The van der Waals surface area contributed by atoms with Crippen molar-refractivity contribution in [1.29, 1.82) is 0 Å². The number of fused-ring (bicyclic) bond motifs is 1. The number of nitrogens with zero attached hydrogens (tertiary/aromatic N) is 1. The molecule has 6 heteroatoms. The maximum absolute atomic E-state index is 12.5. The highest BCUT2D eigenvalue weighted by molar-refractivity contribution is 5.94. The molecule has 1 heterocycles. The minimum absolute atomic E-state index is 0.00287. The van der Waals surface area contributed by atoms with E-state index in [-0.39, 0.29) is 12.5 Å². The van der Waals surface area contributed by atoms with Gasteiger partial charge in [0.05, 0.1) is 0 Å². The lowest BCUT2D eigenvalue weighted by molar-refractivity contribution is -0.121. The predicted octanol–water partition coefficient (Wildman–Crippen LogP) is 3.69. The molecule has 1 fully saturated rings. The summed E-state index contributed by atoms with van der Waals surface area (Å²) in [6, 6.07) is 15.4. The average Bonchev–Trinajstić information content (AvgIpc) is 3.21. The Balaban J connectivity index is 1.34. The summed E-state index contributed by atoms with van der Waals surface area (Å²) in [7, 11) is 0. The van der Waals surface area contributed by atoms with Crippen LogP contribution in [0.5, 0.6) is 0 Å². The van der Waals surface area contributed by atoms with Crippen LogP contribution in [0.2, 0.25) is 0 Å². The van der Waals surface area contributed by atoms with Gasteiger partial charge in [-0.05, 0) is 66.1 Å². The lowest BCUT2D eigenvalue weighted by atomic mass is 9.89. The third-order valence-corrected chi connectivity index (χ3v) is 6.35. The molecule has 2 amide bonds. The van der Waals surface area contributed by atoms with E-state index in [1.54, 1.807) is 12.1 Å². The lowest BCUT2D eigenvalue weighted by Gasteiger charge is -2.21. The van der Waals surface area contributed by atoms with E-state index < -0.39 is 5.91 Å². The topological polar surface area (TPSA) is 89.2 Å². The third kappa shape index (κ3) is 5.56. The molecule has 2 aromatic carbocycles. The molecule has 0 radical (unpaired) electrons. The van der Waals surface area contributed by atoms with Gasteiger partial charge < -0.3 is 20.9 Å². The van der Waals surface area contributed by atoms with Crippen molar-refractivity contribution in [1.82, 2.24) is 15.2 Å². The van der Waals surface area contributed by atoms with Gasteiger partial charge >= 0.3 is 0 Å². The second-order valence-electron chi connectivity index (χ2n) is 8.72. The van der Waals surface area contributed by atoms with Gasteiger partial charge in [-0.25, -0.2) is 0 Å². The number of carbonyl (C=O) groups excluding carboxylic acids is 2. The van der Waals surface area contributed by atoms with E-state index >= 15 is 0 Å². The molecule has 4 N–H and O–H groups in total. The van der Waals surface area contributed by atoms with Gasteiger partial charge in [0.15, 0.2) is 0 Å². The molecule has 0 bridgehead atoms. The first-order chi connectivity index (χ1) is 15.6.